The average Bonchev–Trinajstić information content (AvgIpc) is 2.86. The second-order valence-corrected chi connectivity index (χ2v) is 39.6. The Morgan fingerprint density at radius 1 is 0.400 bits per heavy atom. The highest BCUT2D eigenvalue weighted by Crippen LogP contribution is 2.57. The first-order chi connectivity index (χ1) is 23.9. The minimum Gasteiger partial charge on any atom is -0.381 e. The van der Waals surface area contributed by atoms with Gasteiger partial charge in [-0.2, -0.15) is 0 Å². The maximum absolute atomic E-state index is 7.54. The molecule has 0 spiro atoms. The Kier molecular flexibility index (Phi) is 15.3. The summed E-state index contributed by atoms with van der Waals surface area (Å²) in [5.41, 5.74) is 8.43. The molecule has 0 N–H and O–H groups in total. The van der Waals surface area contributed by atoms with Crippen molar-refractivity contribution in [2.75, 3.05) is 0 Å². The lowest BCUT2D eigenvalue weighted by atomic mass is 9.75. The maximum Gasteiger partial charge on any atom is 0.192 e. The lowest BCUT2D eigenvalue weighted by Gasteiger charge is -2.39. The Bertz CT molecular complexity index is 1540. The normalized spacial score (nSPS) is 15.8. The summed E-state index contributed by atoms with van der Waals surface area (Å²) in [5.74, 6) is 0. The molecule has 2 nitrogen and oxygen atoms in total. The molecule has 0 saturated carbocycles. The molecule has 0 aliphatic rings. The van der Waals surface area contributed by atoms with E-state index < -0.39 is 24.6 Å². The van der Waals surface area contributed by atoms with Gasteiger partial charge in [-0.15, -0.1) is 0 Å². The van der Waals surface area contributed by atoms with Crippen molar-refractivity contribution in [2.24, 2.45) is 0 Å². The molecular weight excluding hydrogens is 758 g/mol. The minimum atomic E-state index is -2.08. The topological polar surface area (TPSA) is 18.5 Å². The molecule has 55 heavy (non-hydrogen) atoms. The van der Waals surface area contributed by atoms with E-state index in [2.05, 4.69) is 209 Å². The minimum absolute atomic E-state index is 0.0396. The molecular formula is C48H85O2P3Si2. The summed E-state index contributed by atoms with van der Waals surface area (Å²) in [6, 6.07) is 10.1. The van der Waals surface area contributed by atoms with E-state index >= 15 is 0 Å². The predicted molar refractivity (Wildman–Crippen MR) is 264 cm³/mol. The van der Waals surface area contributed by atoms with Crippen LogP contribution in [0.2, 0.25) is 39.3 Å². The van der Waals surface area contributed by atoms with Crippen LogP contribution < -0.4 is 10.6 Å². The molecule has 0 atom stereocenters. The van der Waals surface area contributed by atoms with Gasteiger partial charge in [-0.1, -0.05) is 170 Å². The third-order valence-electron chi connectivity index (χ3n) is 9.45. The number of hydrogen-bond donors (Lipinski definition) is 0. The summed E-state index contributed by atoms with van der Waals surface area (Å²) in [7, 11) is -2.83. The van der Waals surface area contributed by atoms with Gasteiger partial charge >= 0.3 is 0 Å². The highest BCUT2D eigenvalue weighted by Gasteiger charge is 2.40. The average molecular weight is 843 g/mol. The van der Waals surface area contributed by atoms with Crippen LogP contribution in [0.5, 0.6) is 0 Å². The highest BCUT2D eigenvalue weighted by atomic mass is 31.2. The lowest BCUT2D eigenvalue weighted by Crippen LogP contribution is -2.37. The van der Waals surface area contributed by atoms with Crippen molar-refractivity contribution in [3.05, 3.63) is 57.6 Å². The number of hydrogen-bond acceptors (Lipinski definition) is 2. The van der Waals surface area contributed by atoms with Crippen LogP contribution in [0.4, 0.5) is 0 Å². The van der Waals surface area contributed by atoms with E-state index in [1.54, 1.807) is 0 Å². The summed E-state index contributed by atoms with van der Waals surface area (Å²) in [6.07, 6.45) is 0. The summed E-state index contributed by atoms with van der Waals surface area (Å²) in [5, 5.41) is 5.15. The third kappa shape index (κ3) is 14.4. The Balaban J connectivity index is 3.47. The molecule has 0 heterocycles. The van der Waals surface area contributed by atoms with Crippen molar-refractivity contribution in [3.63, 3.8) is 0 Å². The van der Waals surface area contributed by atoms with Crippen molar-refractivity contribution >= 4 is 62.0 Å². The Hall–Kier alpha value is -0.436. The summed E-state index contributed by atoms with van der Waals surface area (Å²) < 4.78 is 15.1. The van der Waals surface area contributed by atoms with Gasteiger partial charge in [-0.3, -0.25) is 0 Å². The van der Waals surface area contributed by atoms with E-state index in [9.17, 15) is 0 Å². The third-order valence-corrected chi connectivity index (χ3v) is 17.8. The maximum atomic E-state index is 7.54. The molecule has 7 heteroatoms. The Morgan fingerprint density at radius 2 is 0.618 bits per heavy atom. The van der Waals surface area contributed by atoms with E-state index in [-0.39, 0.29) is 37.6 Å². The smallest absolute Gasteiger partial charge is 0.192 e. The second kappa shape index (κ2) is 16.5. The van der Waals surface area contributed by atoms with E-state index in [0.717, 1.165) is 0 Å². The highest BCUT2D eigenvalue weighted by molar-refractivity contribution is 8.02. The zero-order valence-electron chi connectivity index (χ0n) is 41.0. The van der Waals surface area contributed by atoms with Crippen LogP contribution in [-0.4, -0.2) is 32.2 Å². The van der Waals surface area contributed by atoms with Crippen molar-refractivity contribution < 1.29 is 8.85 Å². The molecule has 2 aromatic carbocycles. The van der Waals surface area contributed by atoms with Gasteiger partial charge in [0.2, 0.25) is 0 Å². The zero-order valence-corrected chi connectivity index (χ0v) is 45.7. The fraction of sp³-hybridized carbons (Fsp3) is 0.708. The van der Waals surface area contributed by atoms with Gasteiger partial charge in [0.15, 0.2) is 16.6 Å². The first-order valence-corrected chi connectivity index (χ1v) is 30.6. The van der Waals surface area contributed by atoms with Crippen LogP contribution in [0.15, 0.2) is 24.3 Å². The van der Waals surface area contributed by atoms with Gasteiger partial charge in [-0.05, 0) is 127 Å². The van der Waals surface area contributed by atoms with Crippen LogP contribution in [-0.2, 0) is 41.3 Å². The standard InChI is InChI=1S/C48H85O2P3Si2/c1-42(2,3)32-28-34(44(7,8)9)38(35(29-32)45(10,11)12)51-40(49-54(22,23)24)53(48(19,20)21)41(50-55(25,26)27)52-39-36(46(13,14)15)30-33(43(4,5)6)31-37(39)47(16,17)18/h28-31H,1-27H3. The quantitative estimate of drug-likeness (QED) is 0.195. The van der Waals surface area contributed by atoms with E-state index in [0.29, 0.717) is 0 Å². The van der Waals surface area contributed by atoms with Crippen LogP contribution in [0.1, 0.15) is 179 Å². The second-order valence-electron chi connectivity index (χ2n) is 25.1. The Labute approximate surface area is 349 Å². The van der Waals surface area contributed by atoms with Gasteiger partial charge in [0.05, 0.1) is 10.4 Å². The van der Waals surface area contributed by atoms with E-state index in [1.807, 2.05) is 0 Å². The summed E-state index contributed by atoms with van der Waals surface area (Å²) in [6.45, 7) is 64.2. The van der Waals surface area contributed by atoms with Crippen LogP contribution in [0, 0.1) is 0 Å². The molecule has 312 valence electrons. The molecule has 0 bridgehead atoms. The molecule has 0 unspecified atom stereocenters. The van der Waals surface area contributed by atoms with Gasteiger partial charge in [0.1, 0.15) is 0 Å². The monoisotopic (exact) mass is 843 g/mol. The molecule has 0 aromatic heterocycles. The van der Waals surface area contributed by atoms with Gasteiger partial charge < -0.3 is 8.85 Å². The molecule has 0 amide bonds. The lowest BCUT2D eigenvalue weighted by molar-refractivity contribution is 0.553. The fourth-order valence-corrected chi connectivity index (χ4v) is 19.5. The molecule has 0 saturated heterocycles. The predicted octanol–water partition coefficient (Wildman–Crippen LogP) is 15.5. The van der Waals surface area contributed by atoms with E-state index in [1.165, 1.54) is 70.8 Å². The van der Waals surface area contributed by atoms with Crippen molar-refractivity contribution in [1.82, 2.24) is 0 Å². The molecule has 0 fully saturated rings. The van der Waals surface area contributed by atoms with Crippen molar-refractivity contribution in [3.8, 4) is 0 Å². The molecule has 0 aliphatic heterocycles. The Morgan fingerprint density at radius 3 is 0.764 bits per heavy atom. The first kappa shape index (κ1) is 50.7. The summed E-state index contributed by atoms with van der Waals surface area (Å²) >= 11 is 0. The van der Waals surface area contributed by atoms with Crippen LogP contribution in [0.3, 0.4) is 0 Å². The molecule has 0 aliphatic carbocycles. The number of benzene rings is 2. The molecule has 2 aromatic rings. The van der Waals surface area contributed by atoms with Gasteiger partial charge in [0.25, 0.3) is 0 Å². The van der Waals surface area contributed by atoms with Crippen LogP contribution in [0.25, 0.3) is 0 Å². The fourth-order valence-electron chi connectivity index (χ4n) is 6.29. The van der Waals surface area contributed by atoms with E-state index in [4.69, 9.17) is 8.85 Å². The largest absolute Gasteiger partial charge is 0.381 e. The number of rotatable bonds is 8. The van der Waals surface area contributed by atoms with Crippen molar-refractivity contribution in [1.29, 1.82) is 0 Å². The molecule has 2 rings (SSSR count). The van der Waals surface area contributed by atoms with Crippen molar-refractivity contribution in [2.45, 2.75) is 222 Å². The zero-order chi connectivity index (χ0) is 43.5. The van der Waals surface area contributed by atoms with Crippen LogP contribution >= 0.6 is 24.3 Å². The van der Waals surface area contributed by atoms with Gasteiger partial charge in [0, 0.05) is 18.5 Å². The molecule has 0 radical (unpaired) electrons. The first-order valence-electron chi connectivity index (χ1n) is 20.7. The SMILES string of the molecule is CC(C)(C)c1cc(C(C)(C)C)c(P=C(O[Si](C)(C)C)P(C(O[Si](C)(C)C)=Pc2c(C(C)(C)C)cc(C(C)(C)C)cc2C(C)(C)C)C(C)(C)C)c(C(C)(C)C)c1. The van der Waals surface area contributed by atoms with Gasteiger partial charge in [-0.25, -0.2) is 0 Å². The summed E-state index contributed by atoms with van der Waals surface area (Å²) in [4.78, 5) is 0.